The van der Waals surface area contributed by atoms with E-state index < -0.39 is 0 Å². The van der Waals surface area contributed by atoms with Crippen molar-refractivity contribution in [2.45, 2.75) is 19.3 Å². The quantitative estimate of drug-likeness (QED) is 0.318. The highest BCUT2D eigenvalue weighted by atomic mass is 16.3. The monoisotopic (exact) mass is 409 g/mol. The first kappa shape index (κ1) is 18.9. The molecule has 0 amide bonds. The average Bonchev–Trinajstić information content (AvgIpc) is 3.53. The Morgan fingerprint density at radius 1 is 0.839 bits per heavy atom. The summed E-state index contributed by atoms with van der Waals surface area (Å²) in [4.78, 5) is 26.4. The highest BCUT2D eigenvalue weighted by molar-refractivity contribution is 5.99. The Kier molecular flexibility index (Phi) is 5.10. The van der Waals surface area contributed by atoms with Crippen LogP contribution in [0.1, 0.15) is 28.8 Å². The van der Waals surface area contributed by atoms with E-state index in [1.165, 1.54) is 0 Å². The van der Waals surface area contributed by atoms with Crippen LogP contribution in [0.5, 0.6) is 0 Å². The third-order valence-electron chi connectivity index (χ3n) is 5.09. The number of hydrogen-bond acceptors (Lipinski definition) is 6. The van der Waals surface area contributed by atoms with Crippen LogP contribution in [0, 0.1) is 0 Å². The lowest BCUT2D eigenvalue weighted by molar-refractivity contribution is 0.0980. The summed E-state index contributed by atoms with van der Waals surface area (Å²) >= 11 is 0. The number of rotatable bonds is 7. The average molecular weight is 409 g/mol. The Morgan fingerprint density at radius 3 is 2.23 bits per heavy atom. The summed E-state index contributed by atoms with van der Waals surface area (Å²) in [5, 5.41) is 0. The molecule has 0 radical (unpaired) electrons. The third kappa shape index (κ3) is 4.00. The number of carbonyl (C=O) groups is 1. The SMILES string of the molecule is O=C(CCCc1cccnc1)c1ccc2nc(-c3ccco3)c(-c3ccco3)nc2c1. The van der Waals surface area contributed by atoms with E-state index in [4.69, 9.17) is 18.8 Å². The van der Waals surface area contributed by atoms with Crippen LogP contribution in [-0.4, -0.2) is 20.7 Å². The molecule has 0 saturated heterocycles. The van der Waals surface area contributed by atoms with Gasteiger partial charge in [-0.3, -0.25) is 9.78 Å². The third-order valence-corrected chi connectivity index (χ3v) is 5.09. The Hall–Kier alpha value is -4.06. The van der Waals surface area contributed by atoms with E-state index in [0.717, 1.165) is 18.4 Å². The van der Waals surface area contributed by atoms with Crippen LogP contribution < -0.4 is 0 Å². The number of carbonyl (C=O) groups excluding carboxylic acids is 1. The van der Waals surface area contributed by atoms with Gasteiger partial charge in [-0.15, -0.1) is 0 Å². The van der Waals surface area contributed by atoms with Crippen LogP contribution >= 0.6 is 0 Å². The molecule has 4 aromatic heterocycles. The highest BCUT2D eigenvalue weighted by Crippen LogP contribution is 2.31. The molecule has 31 heavy (non-hydrogen) atoms. The van der Waals surface area contributed by atoms with Gasteiger partial charge in [0.25, 0.3) is 0 Å². The molecule has 6 nitrogen and oxygen atoms in total. The molecule has 5 aromatic rings. The molecule has 0 aliphatic heterocycles. The van der Waals surface area contributed by atoms with Crippen molar-refractivity contribution in [3.63, 3.8) is 0 Å². The molecule has 0 aliphatic rings. The van der Waals surface area contributed by atoms with Gasteiger partial charge >= 0.3 is 0 Å². The molecule has 6 heteroatoms. The van der Waals surface area contributed by atoms with Gasteiger partial charge in [0.05, 0.1) is 23.6 Å². The van der Waals surface area contributed by atoms with Crippen LogP contribution in [0.15, 0.2) is 88.4 Å². The second-order valence-corrected chi connectivity index (χ2v) is 7.22. The van der Waals surface area contributed by atoms with Crippen molar-refractivity contribution in [1.29, 1.82) is 0 Å². The number of aromatic nitrogens is 3. The first-order chi connectivity index (χ1) is 15.3. The second-order valence-electron chi connectivity index (χ2n) is 7.22. The number of benzene rings is 1. The predicted molar refractivity (Wildman–Crippen MR) is 116 cm³/mol. The largest absolute Gasteiger partial charge is 0.463 e. The van der Waals surface area contributed by atoms with Gasteiger partial charge in [-0.1, -0.05) is 6.07 Å². The summed E-state index contributed by atoms with van der Waals surface area (Å²) in [5.74, 6) is 1.28. The molecule has 0 bridgehead atoms. The van der Waals surface area contributed by atoms with Crippen LogP contribution in [0.4, 0.5) is 0 Å². The number of aryl methyl sites for hydroxylation is 1. The topological polar surface area (TPSA) is 82.0 Å². The Bertz CT molecular complexity index is 1310. The Labute approximate surface area is 178 Å². The lowest BCUT2D eigenvalue weighted by atomic mass is 10.0. The maximum absolute atomic E-state index is 12.7. The normalized spacial score (nSPS) is 11.1. The zero-order valence-corrected chi connectivity index (χ0v) is 16.7. The van der Waals surface area contributed by atoms with Crippen molar-refractivity contribution < 1.29 is 13.6 Å². The summed E-state index contributed by atoms with van der Waals surface area (Å²) in [6.07, 6.45) is 8.83. The van der Waals surface area contributed by atoms with Crippen molar-refractivity contribution in [2.75, 3.05) is 0 Å². The van der Waals surface area contributed by atoms with Gasteiger partial charge in [-0.05, 0) is 66.9 Å². The van der Waals surface area contributed by atoms with E-state index in [1.54, 1.807) is 36.9 Å². The zero-order chi connectivity index (χ0) is 21.0. The van der Waals surface area contributed by atoms with Gasteiger partial charge in [-0.2, -0.15) is 0 Å². The first-order valence-corrected chi connectivity index (χ1v) is 10.1. The lowest BCUT2D eigenvalue weighted by Gasteiger charge is -2.08. The molecule has 0 saturated carbocycles. The zero-order valence-electron chi connectivity index (χ0n) is 16.7. The number of fused-ring (bicyclic) bond motifs is 1. The molecule has 0 fully saturated rings. The van der Waals surface area contributed by atoms with Crippen molar-refractivity contribution in [1.82, 2.24) is 15.0 Å². The van der Waals surface area contributed by atoms with E-state index in [2.05, 4.69) is 4.98 Å². The number of ketones is 1. The summed E-state index contributed by atoms with van der Waals surface area (Å²) < 4.78 is 11.1. The minimum absolute atomic E-state index is 0.0854. The van der Waals surface area contributed by atoms with Crippen LogP contribution in [0.2, 0.25) is 0 Å². The van der Waals surface area contributed by atoms with E-state index >= 15 is 0 Å². The number of hydrogen-bond donors (Lipinski definition) is 0. The van der Waals surface area contributed by atoms with Crippen molar-refractivity contribution in [3.8, 4) is 22.9 Å². The van der Waals surface area contributed by atoms with E-state index in [1.807, 2.05) is 42.6 Å². The number of pyridine rings is 1. The molecule has 0 unspecified atom stereocenters. The fourth-order valence-corrected chi connectivity index (χ4v) is 3.54. The molecule has 0 spiro atoms. The maximum Gasteiger partial charge on any atom is 0.162 e. The smallest absolute Gasteiger partial charge is 0.162 e. The number of furan rings is 2. The molecule has 0 aliphatic carbocycles. The molecular weight excluding hydrogens is 390 g/mol. The predicted octanol–water partition coefficient (Wildman–Crippen LogP) is 5.75. The number of nitrogens with zero attached hydrogens (tertiary/aromatic N) is 3. The van der Waals surface area contributed by atoms with E-state index in [9.17, 15) is 4.79 Å². The molecule has 4 heterocycles. The number of Topliss-reactive ketones (excluding diaryl/α,β-unsaturated/α-hetero) is 1. The lowest BCUT2D eigenvalue weighted by Crippen LogP contribution is -2.01. The van der Waals surface area contributed by atoms with Gasteiger partial charge < -0.3 is 8.83 Å². The minimum Gasteiger partial charge on any atom is -0.463 e. The van der Waals surface area contributed by atoms with Gasteiger partial charge in [0, 0.05) is 24.4 Å². The van der Waals surface area contributed by atoms with Crippen LogP contribution in [-0.2, 0) is 6.42 Å². The molecule has 0 atom stereocenters. The summed E-state index contributed by atoms with van der Waals surface area (Å²) in [6, 6.07) is 16.6. The Morgan fingerprint density at radius 2 is 1.58 bits per heavy atom. The van der Waals surface area contributed by atoms with Gasteiger partial charge in [0.15, 0.2) is 17.3 Å². The van der Waals surface area contributed by atoms with Crippen molar-refractivity contribution >= 4 is 16.8 Å². The summed E-state index contributed by atoms with van der Waals surface area (Å²) in [5.41, 5.74) is 4.27. The molecule has 0 N–H and O–H groups in total. The molecule has 5 rings (SSSR count). The standard InChI is InChI=1S/C25H19N3O3/c29-21(7-1-5-17-6-2-12-26-16-17)18-10-11-19-20(15-18)28-25(23-9-4-14-31-23)24(27-19)22-8-3-13-30-22/h2-4,6,8-16H,1,5,7H2. The van der Waals surface area contributed by atoms with Crippen molar-refractivity contribution in [2.24, 2.45) is 0 Å². The summed E-state index contributed by atoms with van der Waals surface area (Å²) in [6.45, 7) is 0. The van der Waals surface area contributed by atoms with Crippen molar-refractivity contribution in [3.05, 3.63) is 90.6 Å². The second kappa shape index (κ2) is 8.36. The molecule has 1 aromatic carbocycles. The van der Waals surface area contributed by atoms with E-state index in [-0.39, 0.29) is 5.78 Å². The summed E-state index contributed by atoms with van der Waals surface area (Å²) in [7, 11) is 0. The fraction of sp³-hybridized carbons (Fsp3) is 0.120. The molecular formula is C25H19N3O3. The highest BCUT2D eigenvalue weighted by Gasteiger charge is 2.18. The Balaban J connectivity index is 1.44. The maximum atomic E-state index is 12.7. The molecule has 152 valence electrons. The first-order valence-electron chi connectivity index (χ1n) is 10.1. The van der Waals surface area contributed by atoms with Crippen LogP contribution in [0.25, 0.3) is 33.9 Å². The minimum atomic E-state index is 0.0854. The van der Waals surface area contributed by atoms with Crippen LogP contribution in [0.3, 0.4) is 0 Å². The van der Waals surface area contributed by atoms with E-state index in [0.29, 0.717) is 45.9 Å². The fourth-order valence-electron chi connectivity index (χ4n) is 3.54. The van der Waals surface area contributed by atoms with Gasteiger partial charge in [-0.25, -0.2) is 9.97 Å². The van der Waals surface area contributed by atoms with Gasteiger partial charge in [0.1, 0.15) is 11.4 Å². The van der Waals surface area contributed by atoms with Gasteiger partial charge in [0.2, 0.25) is 0 Å².